The summed E-state index contributed by atoms with van der Waals surface area (Å²) in [6, 6.07) is 2.67. The summed E-state index contributed by atoms with van der Waals surface area (Å²) >= 11 is 0. The van der Waals surface area contributed by atoms with Crippen LogP contribution in [0.5, 0.6) is 0 Å². The van der Waals surface area contributed by atoms with Gasteiger partial charge in [-0.3, -0.25) is 9.69 Å². The van der Waals surface area contributed by atoms with Crippen molar-refractivity contribution >= 4 is 37.7 Å². The van der Waals surface area contributed by atoms with E-state index in [4.69, 9.17) is 10.5 Å². The number of rotatable bonds is 4. The number of likely N-dealkylation sites (N-methyl/N-ethyl adjacent to an activating group) is 1. The lowest BCUT2D eigenvalue weighted by Crippen LogP contribution is -2.40. The van der Waals surface area contributed by atoms with Crippen LogP contribution in [0.15, 0.2) is 42.0 Å². The van der Waals surface area contributed by atoms with Crippen LogP contribution >= 0.6 is 9.24 Å². The molecule has 0 aliphatic carbocycles. The van der Waals surface area contributed by atoms with Crippen LogP contribution in [0.2, 0.25) is 0 Å². The van der Waals surface area contributed by atoms with Gasteiger partial charge in [0.15, 0.2) is 0 Å². The number of carbonyl (C=O) groups excluding carboxylic acids is 2. The number of ether oxygens (including phenoxy) is 1. The standard InChI is InChI=1S/C19H23FN3O3P/c1-5-6-9-23-10-12(15-13(20)7-8-14(21)16(15)27)18(24)22(3)17(23)11(2)19(25)26-4/h6-10H,5,21,27H2,1-4H3/b9-6+,17-11+. The van der Waals surface area contributed by atoms with Gasteiger partial charge < -0.3 is 15.4 Å². The SMILES string of the molecule is CC/C=C/N1C=C(c2c(F)ccc(N)c2P)C(=O)N(C)/C1=C(/C)C(=O)OC. The van der Waals surface area contributed by atoms with E-state index in [-0.39, 0.29) is 16.7 Å². The van der Waals surface area contributed by atoms with Crippen molar-refractivity contribution in [1.29, 1.82) is 0 Å². The van der Waals surface area contributed by atoms with Gasteiger partial charge in [-0.15, -0.1) is 9.24 Å². The molecule has 2 N–H and O–H groups in total. The number of nitrogens with zero attached hydrogens (tertiary/aromatic N) is 2. The monoisotopic (exact) mass is 391 g/mol. The Labute approximate surface area is 160 Å². The average molecular weight is 391 g/mol. The highest BCUT2D eigenvalue weighted by Gasteiger charge is 2.33. The molecule has 6 nitrogen and oxygen atoms in total. The number of nitrogens with two attached hydrogens (primary N) is 1. The summed E-state index contributed by atoms with van der Waals surface area (Å²) in [4.78, 5) is 27.9. The summed E-state index contributed by atoms with van der Waals surface area (Å²) in [5.74, 6) is -1.23. The van der Waals surface area contributed by atoms with E-state index in [1.165, 1.54) is 37.4 Å². The molecule has 1 atom stereocenters. The molecule has 0 saturated carbocycles. The lowest BCUT2D eigenvalue weighted by Gasteiger charge is -2.35. The Morgan fingerprint density at radius 3 is 2.67 bits per heavy atom. The number of methoxy groups -OCH3 is 1. The van der Waals surface area contributed by atoms with Crippen LogP contribution in [0.25, 0.3) is 5.57 Å². The number of amides is 1. The molecule has 1 aliphatic heterocycles. The Morgan fingerprint density at radius 2 is 2.07 bits per heavy atom. The number of hydrogen-bond acceptors (Lipinski definition) is 5. The number of allylic oxidation sites excluding steroid dienone is 1. The van der Waals surface area contributed by atoms with Gasteiger partial charge in [-0.25, -0.2) is 9.18 Å². The number of benzene rings is 1. The topological polar surface area (TPSA) is 75.9 Å². The zero-order valence-corrected chi connectivity index (χ0v) is 16.9. The lowest BCUT2D eigenvalue weighted by atomic mass is 10.0. The van der Waals surface area contributed by atoms with Crippen molar-refractivity contribution < 1.29 is 18.7 Å². The summed E-state index contributed by atoms with van der Waals surface area (Å²) in [5.41, 5.74) is 6.74. The third-order valence-corrected chi connectivity index (χ3v) is 4.81. The third-order valence-electron chi connectivity index (χ3n) is 4.19. The zero-order valence-electron chi connectivity index (χ0n) is 15.7. The average Bonchev–Trinajstić information content (AvgIpc) is 2.65. The fourth-order valence-electron chi connectivity index (χ4n) is 2.78. The Morgan fingerprint density at radius 1 is 1.41 bits per heavy atom. The summed E-state index contributed by atoms with van der Waals surface area (Å²) in [7, 11) is 5.17. The van der Waals surface area contributed by atoms with Crippen LogP contribution in [0, 0.1) is 5.82 Å². The molecule has 0 saturated heterocycles. The molecule has 1 amide bonds. The van der Waals surface area contributed by atoms with E-state index >= 15 is 0 Å². The summed E-state index contributed by atoms with van der Waals surface area (Å²) < 4.78 is 19.3. The molecule has 1 aromatic rings. The summed E-state index contributed by atoms with van der Waals surface area (Å²) in [6.07, 6.45) is 5.82. The quantitative estimate of drug-likeness (QED) is 0.369. The second kappa shape index (κ2) is 8.35. The van der Waals surface area contributed by atoms with Crippen molar-refractivity contribution in [1.82, 2.24) is 9.80 Å². The molecule has 1 aromatic carbocycles. The third kappa shape index (κ3) is 3.88. The Kier molecular flexibility index (Phi) is 6.39. The largest absolute Gasteiger partial charge is 0.466 e. The first-order valence-electron chi connectivity index (χ1n) is 8.32. The molecule has 0 aromatic heterocycles. The van der Waals surface area contributed by atoms with Crippen LogP contribution in [0.3, 0.4) is 0 Å². The highest BCUT2D eigenvalue weighted by atomic mass is 31.0. The zero-order chi connectivity index (χ0) is 20.3. The van der Waals surface area contributed by atoms with Crippen LogP contribution in [0.4, 0.5) is 10.1 Å². The maximum absolute atomic E-state index is 14.5. The molecule has 0 bridgehead atoms. The maximum atomic E-state index is 14.5. The van der Waals surface area contributed by atoms with E-state index in [0.717, 1.165) is 6.42 Å². The van der Waals surface area contributed by atoms with Gasteiger partial charge >= 0.3 is 5.97 Å². The summed E-state index contributed by atoms with van der Waals surface area (Å²) in [5, 5.41) is 0.402. The molecule has 1 unspecified atom stereocenters. The van der Waals surface area contributed by atoms with E-state index in [1.54, 1.807) is 18.0 Å². The maximum Gasteiger partial charge on any atom is 0.337 e. The molecule has 0 fully saturated rings. The Hall–Kier alpha value is -2.66. The first-order valence-corrected chi connectivity index (χ1v) is 8.90. The molecule has 144 valence electrons. The van der Waals surface area contributed by atoms with Crippen molar-refractivity contribution in [3.63, 3.8) is 0 Å². The first kappa shape index (κ1) is 20.6. The van der Waals surface area contributed by atoms with Crippen molar-refractivity contribution in [2.45, 2.75) is 20.3 Å². The fraction of sp³-hybridized carbons (Fsp3) is 0.263. The number of esters is 1. The first-order chi connectivity index (χ1) is 12.7. The normalized spacial score (nSPS) is 16.7. The van der Waals surface area contributed by atoms with Gasteiger partial charge in [0.2, 0.25) is 0 Å². The summed E-state index contributed by atoms with van der Waals surface area (Å²) in [6.45, 7) is 3.52. The molecular weight excluding hydrogens is 368 g/mol. The van der Waals surface area contributed by atoms with Crippen molar-refractivity contribution in [2.75, 3.05) is 19.9 Å². The smallest absolute Gasteiger partial charge is 0.337 e. The van der Waals surface area contributed by atoms with E-state index < -0.39 is 17.7 Å². The Balaban J connectivity index is 2.74. The van der Waals surface area contributed by atoms with Crippen LogP contribution in [-0.4, -0.2) is 35.8 Å². The minimum absolute atomic E-state index is 0.113. The highest BCUT2D eigenvalue weighted by Crippen LogP contribution is 2.31. The predicted molar refractivity (Wildman–Crippen MR) is 107 cm³/mol. The van der Waals surface area contributed by atoms with E-state index in [2.05, 4.69) is 9.24 Å². The van der Waals surface area contributed by atoms with Crippen molar-refractivity contribution in [3.05, 3.63) is 53.4 Å². The second-order valence-electron chi connectivity index (χ2n) is 5.97. The predicted octanol–water partition coefficient (Wildman–Crippen LogP) is 2.35. The molecule has 2 rings (SSSR count). The highest BCUT2D eigenvalue weighted by molar-refractivity contribution is 7.28. The van der Waals surface area contributed by atoms with Gasteiger partial charge in [0.05, 0.1) is 18.3 Å². The molecule has 1 aliphatic rings. The van der Waals surface area contributed by atoms with Gasteiger partial charge in [0.25, 0.3) is 5.91 Å². The molecule has 27 heavy (non-hydrogen) atoms. The van der Waals surface area contributed by atoms with Crippen molar-refractivity contribution in [3.8, 4) is 0 Å². The van der Waals surface area contributed by atoms with E-state index in [9.17, 15) is 14.0 Å². The Bertz CT molecular complexity index is 877. The van der Waals surface area contributed by atoms with E-state index in [1.807, 2.05) is 13.0 Å². The van der Waals surface area contributed by atoms with Gasteiger partial charge in [-0.1, -0.05) is 13.0 Å². The van der Waals surface area contributed by atoms with Crippen LogP contribution in [0.1, 0.15) is 25.8 Å². The van der Waals surface area contributed by atoms with Gasteiger partial charge in [0.1, 0.15) is 11.6 Å². The number of nitrogen functional groups attached to an aromatic ring is 1. The van der Waals surface area contributed by atoms with Gasteiger partial charge in [0, 0.05) is 36.0 Å². The van der Waals surface area contributed by atoms with Gasteiger partial charge in [-0.05, 0) is 25.5 Å². The second-order valence-corrected chi connectivity index (χ2v) is 6.55. The molecule has 8 heteroatoms. The minimum atomic E-state index is -0.557. The molecule has 0 radical (unpaired) electrons. The van der Waals surface area contributed by atoms with Crippen molar-refractivity contribution in [2.24, 2.45) is 0 Å². The van der Waals surface area contributed by atoms with E-state index in [0.29, 0.717) is 16.8 Å². The number of carbonyl (C=O) groups is 2. The number of hydrogen-bond donors (Lipinski definition) is 1. The number of halogens is 1. The molecule has 1 heterocycles. The van der Waals surface area contributed by atoms with Crippen LogP contribution in [-0.2, 0) is 14.3 Å². The minimum Gasteiger partial charge on any atom is -0.466 e. The lowest BCUT2D eigenvalue weighted by molar-refractivity contribution is -0.136. The number of anilines is 1. The van der Waals surface area contributed by atoms with Gasteiger partial charge in [-0.2, -0.15) is 0 Å². The molecule has 0 spiro atoms. The van der Waals surface area contributed by atoms with Crippen LogP contribution < -0.4 is 11.0 Å². The fourth-order valence-corrected chi connectivity index (χ4v) is 3.17. The molecular formula is C19H23FN3O3P.